The molecular weight excluding hydrogens is 320 g/mol. The Hall–Kier alpha value is -1.76. The number of hydrogen-bond acceptors (Lipinski definition) is 4. The summed E-state index contributed by atoms with van der Waals surface area (Å²) in [7, 11) is 0. The van der Waals surface area contributed by atoms with Crippen LogP contribution in [0.3, 0.4) is 0 Å². The summed E-state index contributed by atoms with van der Waals surface area (Å²) in [5.41, 5.74) is 0.166. The van der Waals surface area contributed by atoms with Crippen molar-refractivity contribution in [3.05, 3.63) is 41.2 Å². The van der Waals surface area contributed by atoms with Crippen LogP contribution in [-0.2, 0) is 13.0 Å². The monoisotopic (exact) mass is 337 g/mol. The van der Waals surface area contributed by atoms with E-state index in [0.29, 0.717) is 5.16 Å². The number of Topliss-reactive ketones (excluding diaryl/α,β-unsaturated/α-hetero) is 1. The van der Waals surface area contributed by atoms with Gasteiger partial charge in [-0.05, 0) is 38.0 Å². The van der Waals surface area contributed by atoms with Gasteiger partial charge in [0.1, 0.15) is 5.82 Å². The third kappa shape index (κ3) is 3.44. The van der Waals surface area contributed by atoms with E-state index < -0.39 is 16.9 Å². The van der Waals surface area contributed by atoms with Gasteiger partial charge < -0.3 is 4.57 Å². The molecule has 2 heterocycles. The molecule has 0 aliphatic carbocycles. The molecule has 0 fully saturated rings. The molecule has 23 heavy (non-hydrogen) atoms. The van der Waals surface area contributed by atoms with Crippen molar-refractivity contribution in [2.24, 2.45) is 0 Å². The lowest BCUT2D eigenvalue weighted by atomic mass is 10.1. The number of carbonyl (C=O) groups is 1. The van der Waals surface area contributed by atoms with E-state index in [0.717, 1.165) is 50.2 Å². The number of halogens is 2. The molecule has 0 spiro atoms. The van der Waals surface area contributed by atoms with Crippen molar-refractivity contribution >= 4 is 17.5 Å². The maximum atomic E-state index is 13.3. The van der Waals surface area contributed by atoms with Crippen molar-refractivity contribution in [1.29, 1.82) is 0 Å². The first-order valence-electron chi connectivity index (χ1n) is 7.64. The Kier molecular flexibility index (Phi) is 4.75. The van der Waals surface area contributed by atoms with Crippen LogP contribution in [-0.4, -0.2) is 25.8 Å². The molecule has 122 valence electrons. The van der Waals surface area contributed by atoms with E-state index in [-0.39, 0.29) is 11.3 Å². The van der Waals surface area contributed by atoms with E-state index in [1.807, 2.05) is 0 Å². The summed E-state index contributed by atoms with van der Waals surface area (Å²) < 4.78 is 28.3. The number of thioether (sulfide) groups is 1. The van der Waals surface area contributed by atoms with Crippen molar-refractivity contribution in [3.8, 4) is 0 Å². The number of benzene rings is 1. The standard InChI is InChI=1S/C16H17F2N3OS/c1-10(15(22)11-6-7-12(17)13(18)9-11)23-16-20-19-14-5-3-2-4-8-21(14)16/h6-7,9-10H,2-5,8H2,1H3/t10-/m0/s1. The summed E-state index contributed by atoms with van der Waals surface area (Å²) in [5.74, 6) is -1.26. The fourth-order valence-electron chi connectivity index (χ4n) is 2.64. The minimum atomic E-state index is -1.01. The Morgan fingerprint density at radius 2 is 2.04 bits per heavy atom. The Morgan fingerprint density at radius 1 is 1.22 bits per heavy atom. The molecule has 1 atom stereocenters. The van der Waals surface area contributed by atoms with E-state index in [1.54, 1.807) is 6.92 Å². The zero-order chi connectivity index (χ0) is 16.4. The molecular formula is C16H17F2N3OS. The number of aryl methyl sites for hydroxylation is 1. The highest BCUT2D eigenvalue weighted by Crippen LogP contribution is 2.27. The minimum Gasteiger partial charge on any atom is -0.306 e. The second-order valence-electron chi connectivity index (χ2n) is 5.61. The second kappa shape index (κ2) is 6.78. The van der Waals surface area contributed by atoms with Crippen LogP contribution in [0.5, 0.6) is 0 Å². The third-order valence-corrected chi connectivity index (χ3v) is 5.01. The molecule has 2 aromatic rings. The number of nitrogens with zero attached hydrogens (tertiary/aromatic N) is 3. The highest BCUT2D eigenvalue weighted by molar-refractivity contribution is 8.00. The van der Waals surface area contributed by atoms with Gasteiger partial charge in [0.25, 0.3) is 0 Å². The smallest absolute Gasteiger partial charge is 0.191 e. The zero-order valence-corrected chi connectivity index (χ0v) is 13.6. The van der Waals surface area contributed by atoms with Gasteiger partial charge in [0.15, 0.2) is 22.6 Å². The average Bonchev–Trinajstić information content (AvgIpc) is 2.77. The van der Waals surface area contributed by atoms with Crippen LogP contribution < -0.4 is 0 Å². The summed E-state index contributed by atoms with van der Waals surface area (Å²) in [4.78, 5) is 12.4. The van der Waals surface area contributed by atoms with Crippen molar-refractivity contribution < 1.29 is 13.6 Å². The van der Waals surface area contributed by atoms with Crippen molar-refractivity contribution in [2.45, 2.75) is 49.6 Å². The molecule has 1 aliphatic heterocycles. The molecule has 0 radical (unpaired) electrons. The maximum absolute atomic E-state index is 13.3. The van der Waals surface area contributed by atoms with Crippen LogP contribution in [0.15, 0.2) is 23.4 Å². The molecule has 1 aromatic heterocycles. The van der Waals surface area contributed by atoms with Gasteiger partial charge in [-0.25, -0.2) is 8.78 Å². The van der Waals surface area contributed by atoms with Crippen molar-refractivity contribution in [2.75, 3.05) is 0 Å². The second-order valence-corrected chi connectivity index (χ2v) is 6.92. The zero-order valence-electron chi connectivity index (χ0n) is 12.8. The Labute approximate surface area is 137 Å². The summed E-state index contributed by atoms with van der Waals surface area (Å²) in [5, 5.41) is 8.64. The van der Waals surface area contributed by atoms with Crippen molar-refractivity contribution in [3.63, 3.8) is 0 Å². The molecule has 0 saturated heterocycles. The molecule has 0 unspecified atom stereocenters. The molecule has 4 nitrogen and oxygen atoms in total. The van der Waals surface area contributed by atoms with E-state index in [2.05, 4.69) is 14.8 Å². The summed E-state index contributed by atoms with van der Waals surface area (Å²) in [6.45, 7) is 2.60. The predicted octanol–water partition coefficient (Wildman–Crippen LogP) is 3.65. The quantitative estimate of drug-likeness (QED) is 0.631. The van der Waals surface area contributed by atoms with E-state index in [9.17, 15) is 13.6 Å². The number of fused-ring (bicyclic) bond motifs is 1. The van der Waals surface area contributed by atoms with E-state index in [4.69, 9.17) is 0 Å². The van der Waals surface area contributed by atoms with Crippen LogP contribution in [0.1, 0.15) is 42.4 Å². The van der Waals surface area contributed by atoms with Gasteiger partial charge in [-0.2, -0.15) is 0 Å². The molecule has 0 saturated carbocycles. The molecule has 0 N–H and O–H groups in total. The SMILES string of the molecule is C[C@H](Sc1nnc2n1CCCCC2)C(=O)c1ccc(F)c(F)c1. The van der Waals surface area contributed by atoms with Gasteiger partial charge in [-0.1, -0.05) is 18.2 Å². The average molecular weight is 337 g/mol. The van der Waals surface area contributed by atoms with E-state index in [1.165, 1.54) is 17.8 Å². The summed E-state index contributed by atoms with van der Waals surface area (Å²) in [6.07, 6.45) is 4.24. The fourth-order valence-corrected chi connectivity index (χ4v) is 3.61. The highest BCUT2D eigenvalue weighted by atomic mass is 32.2. The van der Waals surface area contributed by atoms with Gasteiger partial charge in [0, 0.05) is 18.5 Å². The normalized spacial score (nSPS) is 15.8. The lowest BCUT2D eigenvalue weighted by Crippen LogP contribution is -2.15. The van der Waals surface area contributed by atoms with Gasteiger partial charge in [-0.3, -0.25) is 4.79 Å². The topological polar surface area (TPSA) is 47.8 Å². The lowest BCUT2D eigenvalue weighted by molar-refractivity contribution is 0.0993. The van der Waals surface area contributed by atoms with Crippen LogP contribution in [0.2, 0.25) is 0 Å². The number of aromatic nitrogens is 3. The van der Waals surface area contributed by atoms with Crippen LogP contribution in [0.25, 0.3) is 0 Å². The largest absolute Gasteiger partial charge is 0.306 e. The number of ketones is 1. The Bertz CT molecular complexity index is 732. The van der Waals surface area contributed by atoms with Crippen molar-refractivity contribution in [1.82, 2.24) is 14.8 Å². The van der Waals surface area contributed by atoms with E-state index >= 15 is 0 Å². The van der Waals surface area contributed by atoms with Gasteiger partial charge in [0.05, 0.1) is 5.25 Å². The first-order valence-corrected chi connectivity index (χ1v) is 8.52. The number of carbonyl (C=O) groups excluding carboxylic acids is 1. The molecule has 0 bridgehead atoms. The first-order chi connectivity index (χ1) is 11.1. The minimum absolute atomic E-state index is 0.166. The molecule has 1 aromatic carbocycles. The number of hydrogen-bond donors (Lipinski definition) is 0. The van der Waals surface area contributed by atoms with Crippen LogP contribution in [0.4, 0.5) is 8.78 Å². The lowest BCUT2D eigenvalue weighted by Gasteiger charge is -2.11. The van der Waals surface area contributed by atoms with Crippen LogP contribution in [0, 0.1) is 11.6 Å². The molecule has 0 amide bonds. The predicted molar refractivity (Wildman–Crippen MR) is 83.6 cm³/mol. The highest BCUT2D eigenvalue weighted by Gasteiger charge is 2.22. The first kappa shape index (κ1) is 16.1. The van der Waals surface area contributed by atoms with Gasteiger partial charge in [-0.15, -0.1) is 10.2 Å². The fraction of sp³-hybridized carbons (Fsp3) is 0.438. The Morgan fingerprint density at radius 3 is 2.83 bits per heavy atom. The van der Waals surface area contributed by atoms with Gasteiger partial charge in [0.2, 0.25) is 0 Å². The molecule has 3 rings (SSSR count). The molecule has 7 heteroatoms. The third-order valence-electron chi connectivity index (χ3n) is 3.93. The summed E-state index contributed by atoms with van der Waals surface area (Å²) >= 11 is 1.31. The summed E-state index contributed by atoms with van der Waals surface area (Å²) in [6, 6.07) is 3.23. The van der Waals surface area contributed by atoms with Gasteiger partial charge >= 0.3 is 0 Å². The maximum Gasteiger partial charge on any atom is 0.191 e. The van der Waals surface area contributed by atoms with Crippen LogP contribution >= 0.6 is 11.8 Å². The Balaban J connectivity index is 1.76. The number of rotatable bonds is 4. The molecule has 1 aliphatic rings.